The van der Waals surface area contributed by atoms with Crippen molar-refractivity contribution >= 4 is 12.4 Å². The van der Waals surface area contributed by atoms with E-state index >= 15 is 0 Å². The summed E-state index contributed by atoms with van der Waals surface area (Å²) in [5.41, 5.74) is 1.15. The van der Waals surface area contributed by atoms with Crippen molar-refractivity contribution in [3.05, 3.63) is 29.8 Å². The van der Waals surface area contributed by atoms with Gasteiger partial charge in [0.15, 0.2) is 0 Å². The van der Waals surface area contributed by atoms with Crippen molar-refractivity contribution in [1.82, 2.24) is 10.2 Å². The first kappa shape index (κ1) is 16.2. The normalized spacial score (nSPS) is 17.6. The summed E-state index contributed by atoms with van der Waals surface area (Å²) in [5.74, 6) is 0.839. The number of rotatable bonds is 5. The second kappa shape index (κ2) is 8.35. The summed E-state index contributed by atoms with van der Waals surface area (Å²) in [4.78, 5) is 2.35. The van der Waals surface area contributed by atoms with Crippen molar-refractivity contribution in [2.75, 3.05) is 40.0 Å². The molecule has 3 nitrogen and oxygen atoms in total. The minimum absolute atomic E-state index is 0. The Kier molecular flexibility index (Phi) is 7.13. The van der Waals surface area contributed by atoms with Gasteiger partial charge >= 0.3 is 0 Å². The van der Waals surface area contributed by atoms with E-state index in [1.54, 1.807) is 7.11 Å². The Labute approximate surface area is 120 Å². The van der Waals surface area contributed by atoms with E-state index in [-0.39, 0.29) is 25.1 Å². The summed E-state index contributed by atoms with van der Waals surface area (Å²) >= 11 is 0. The van der Waals surface area contributed by atoms with E-state index in [2.05, 4.69) is 16.3 Å². The van der Waals surface area contributed by atoms with Gasteiger partial charge in [0.25, 0.3) is 0 Å². The van der Waals surface area contributed by atoms with E-state index < -0.39 is 0 Å². The first-order valence-electron chi connectivity index (χ1n) is 6.50. The molecule has 1 aromatic carbocycles. The predicted molar refractivity (Wildman–Crippen MR) is 78.0 cm³/mol. The molecule has 5 heteroatoms. The number of halogens is 2. The third kappa shape index (κ3) is 4.34. The van der Waals surface area contributed by atoms with Crippen molar-refractivity contribution in [2.24, 2.45) is 0 Å². The van der Waals surface area contributed by atoms with Gasteiger partial charge in [0, 0.05) is 32.2 Å². The maximum Gasteiger partial charge on any atom is 0.119 e. The van der Waals surface area contributed by atoms with E-state index in [0.717, 1.165) is 37.5 Å². The molecule has 19 heavy (non-hydrogen) atoms. The Morgan fingerprint density at radius 1 is 1.37 bits per heavy atom. The standard InChI is InChI=1S/C14H21FN2O.ClH/c1-18-13-4-2-3-12(11-13)14(5-6-15)17-9-7-16-8-10-17;/h2-4,11,14,16H,5-10H2,1H3;1H/t14-;/m0./s1. The van der Waals surface area contributed by atoms with Crippen LogP contribution in [0, 0.1) is 0 Å². The molecule has 1 heterocycles. The number of methoxy groups -OCH3 is 1. The number of piperazine rings is 1. The summed E-state index contributed by atoms with van der Waals surface area (Å²) in [7, 11) is 1.66. The molecular weight excluding hydrogens is 267 g/mol. The van der Waals surface area contributed by atoms with Gasteiger partial charge in [-0.1, -0.05) is 12.1 Å². The minimum atomic E-state index is -0.286. The quantitative estimate of drug-likeness (QED) is 0.901. The molecule has 0 aromatic heterocycles. The van der Waals surface area contributed by atoms with Crippen molar-refractivity contribution < 1.29 is 9.13 Å². The Bertz CT molecular complexity index is 372. The van der Waals surface area contributed by atoms with E-state index in [9.17, 15) is 4.39 Å². The van der Waals surface area contributed by atoms with Gasteiger partial charge < -0.3 is 10.1 Å². The highest BCUT2D eigenvalue weighted by molar-refractivity contribution is 5.85. The fraction of sp³-hybridized carbons (Fsp3) is 0.571. The van der Waals surface area contributed by atoms with Gasteiger partial charge in [0.1, 0.15) is 5.75 Å². The van der Waals surface area contributed by atoms with Gasteiger partial charge in [0.2, 0.25) is 0 Å². The number of ether oxygens (including phenoxy) is 1. The van der Waals surface area contributed by atoms with Crippen LogP contribution in [0.5, 0.6) is 5.75 Å². The van der Waals surface area contributed by atoms with Crippen LogP contribution in [0.3, 0.4) is 0 Å². The highest BCUT2D eigenvalue weighted by Gasteiger charge is 2.22. The smallest absolute Gasteiger partial charge is 0.119 e. The second-order valence-corrected chi connectivity index (χ2v) is 4.56. The molecule has 1 atom stereocenters. The van der Waals surface area contributed by atoms with Gasteiger partial charge in [-0.15, -0.1) is 12.4 Å². The molecule has 0 amide bonds. The molecule has 1 aliphatic rings. The van der Waals surface area contributed by atoms with E-state index in [1.807, 2.05) is 18.2 Å². The molecule has 1 aromatic rings. The van der Waals surface area contributed by atoms with Gasteiger partial charge in [-0.2, -0.15) is 0 Å². The lowest BCUT2D eigenvalue weighted by Crippen LogP contribution is -2.45. The lowest BCUT2D eigenvalue weighted by atomic mass is 10.0. The molecular formula is C14H22ClFN2O. The number of alkyl halides is 1. The monoisotopic (exact) mass is 288 g/mol. The Hall–Kier alpha value is -0.840. The molecule has 0 aliphatic carbocycles. The van der Waals surface area contributed by atoms with Gasteiger partial charge in [-0.25, -0.2) is 0 Å². The molecule has 1 N–H and O–H groups in total. The largest absolute Gasteiger partial charge is 0.497 e. The molecule has 0 bridgehead atoms. The SMILES string of the molecule is COc1cccc([C@H](CCF)N2CCNCC2)c1.Cl. The van der Waals surface area contributed by atoms with Crippen LogP contribution in [0.1, 0.15) is 18.0 Å². The minimum Gasteiger partial charge on any atom is -0.497 e. The number of hydrogen-bond acceptors (Lipinski definition) is 3. The van der Waals surface area contributed by atoms with Crippen molar-refractivity contribution in [3.8, 4) is 5.75 Å². The van der Waals surface area contributed by atoms with Crippen LogP contribution in [0.25, 0.3) is 0 Å². The van der Waals surface area contributed by atoms with Crippen LogP contribution in [-0.2, 0) is 0 Å². The summed E-state index contributed by atoms with van der Waals surface area (Å²) < 4.78 is 18.0. The zero-order valence-electron chi connectivity index (χ0n) is 11.3. The van der Waals surface area contributed by atoms with Crippen LogP contribution in [-0.4, -0.2) is 44.9 Å². The lowest BCUT2D eigenvalue weighted by molar-refractivity contribution is 0.157. The van der Waals surface area contributed by atoms with Crippen molar-refractivity contribution in [1.29, 1.82) is 0 Å². The molecule has 0 unspecified atom stereocenters. The zero-order valence-corrected chi connectivity index (χ0v) is 12.1. The average molecular weight is 289 g/mol. The predicted octanol–water partition coefficient (Wildman–Crippen LogP) is 2.42. The van der Waals surface area contributed by atoms with Crippen molar-refractivity contribution in [2.45, 2.75) is 12.5 Å². The van der Waals surface area contributed by atoms with E-state index in [1.165, 1.54) is 0 Å². The van der Waals surface area contributed by atoms with Crippen LogP contribution in [0.15, 0.2) is 24.3 Å². The first-order chi connectivity index (χ1) is 8.85. The third-order valence-corrected chi connectivity index (χ3v) is 3.45. The average Bonchev–Trinajstić information content (AvgIpc) is 2.46. The molecule has 1 aliphatic heterocycles. The summed E-state index contributed by atoms with van der Waals surface area (Å²) in [6, 6.07) is 8.13. The molecule has 0 saturated carbocycles. The highest BCUT2D eigenvalue weighted by atomic mass is 35.5. The van der Waals surface area contributed by atoms with E-state index in [4.69, 9.17) is 4.74 Å². The topological polar surface area (TPSA) is 24.5 Å². The van der Waals surface area contributed by atoms with Crippen LogP contribution >= 0.6 is 12.4 Å². The molecule has 1 saturated heterocycles. The lowest BCUT2D eigenvalue weighted by Gasteiger charge is -2.35. The molecule has 108 valence electrons. The van der Waals surface area contributed by atoms with E-state index in [0.29, 0.717) is 6.42 Å². The van der Waals surface area contributed by atoms with Gasteiger partial charge in [-0.3, -0.25) is 9.29 Å². The molecule has 1 fully saturated rings. The molecule has 0 radical (unpaired) electrons. The number of hydrogen-bond donors (Lipinski definition) is 1. The Morgan fingerprint density at radius 3 is 2.74 bits per heavy atom. The fourth-order valence-electron chi connectivity index (χ4n) is 2.51. The first-order valence-corrected chi connectivity index (χ1v) is 6.50. The number of nitrogens with one attached hydrogen (secondary N) is 1. The Balaban J connectivity index is 0.00000180. The Morgan fingerprint density at radius 2 is 2.11 bits per heavy atom. The van der Waals surface area contributed by atoms with Crippen LogP contribution in [0.4, 0.5) is 4.39 Å². The summed E-state index contributed by atoms with van der Waals surface area (Å²) in [6.45, 7) is 3.62. The second-order valence-electron chi connectivity index (χ2n) is 4.56. The zero-order chi connectivity index (χ0) is 12.8. The summed E-state index contributed by atoms with van der Waals surface area (Å²) in [5, 5.41) is 3.33. The van der Waals surface area contributed by atoms with Crippen molar-refractivity contribution in [3.63, 3.8) is 0 Å². The van der Waals surface area contributed by atoms with Crippen LogP contribution in [0.2, 0.25) is 0 Å². The maximum atomic E-state index is 12.8. The number of benzene rings is 1. The molecule has 0 spiro atoms. The fourth-order valence-corrected chi connectivity index (χ4v) is 2.51. The summed E-state index contributed by atoms with van der Waals surface area (Å²) in [6.07, 6.45) is 0.549. The molecule has 2 rings (SSSR count). The third-order valence-electron chi connectivity index (χ3n) is 3.45. The number of nitrogens with zero attached hydrogens (tertiary/aromatic N) is 1. The highest BCUT2D eigenvalue weighted by Crippen LogP contribution is 2.27. The van der Waals surface area contributed by atoms with Crippen LogP contribution < -0.4 is 10.1 Å². The van der Waals surface area contributed by atoms with Gasteiger partial charge in [0.05, 0.1) is 13.8 Å². The van der Waals surface area contributed by atoms with Gasteiger partial charge in [-0.05, 0) is 24.1 Å². The maximum absolute atomic E-state index is 12.8.